The van der Waals surface area contributed by atoms with Crippen LogP contribution in [-0.2, 0) is 16.0 Å². The van der Waals surface area contributed by atoms with Gasteiger partial charge in [-0.1, -0.05) is 30.3 Å². The fourth-order valence-corrected chi connectivity index (χ4v) is 2.34. The lowest BCUT2D eigenvalue weighted by atomic mass is 10.0. The lowest BCUT2D eigenvalue weighted by Crippen LogP contribution is -2.47. The van der Waals surface area contributed by atoms with Crippen LogP contribution in [-0.4, -0.2) is 30.7 Å². The molecule has 1 aromatic rings. The third-order valence-electron chi connectivity index (χ3n) is 3.57. The van der Waals surface area contributed by atoms with Gasteiger partial charge in [-0.15, -0.1) is 12.4 Å². The van der Waals surface area contributed by atoms with Crippen LogP contribution in [0.3, 0.4) is 0 Å². The highest BCUT2D eigenvalue weighted by atomic mass is 35.5. The predicted octanol–water partition coefficient (Wildman–Crippen LogP) is 1.66. The number of rotatable bonds is 5. The smallest absolute Gasteiger partial charge is 0.237 e. The van der Waals surface area contributed by atoms with Gasteiger partial charge in [-0.25, -0.2) is 0 Å². The molecule has 0 spiro atoms. The molecule has 1 saturated heterocycles. The van der Waals surface area contributed by atoms with Crippen molar-refractivity contribution in [1.29, 1.82) is 0 Å². The number of carbonyl (C=O) groups excluding carboxylic acids is 1. The van der Waals surface area contributed by atoms with Crippen LogP contribution in [0.5, 0.6) is 0 Å². The Hall–Kier alpha value is -1.10. The van der Waals surface area contributed by atoms with Crippen molar-refractivity contribution in [2.75, 3.05) is 13.2 Å². The van der Waals surface area contributed by atoms with E-state index in [4.69, 9.17) is 10.5 Å². The third kappa shape index (κ3) is 4.78. The number of carbonyl (C=O) groups is 1. The minimum absolute atomic E-state index is 0. The molecule has 1 unspecified atom stereocenters. The van der Waals surface area contributed by atoms with E-state index in [0.29, 0.717) is 13.0 Å². The van der Waals surface area contributed by atoms with Gasteiger partial charge in [-0.3, -0.25) is 4.79 Å². The molecule has 1 fully saturated rings. The Balaban J connectivity index is 0.00000200. The quantitative estimate of drug-likeness (QED) is 0.869. The first kappa shape index (κ1) is 17.0. The Morgan fingerprint density at radius 1 is 1.45 bits per heavy atom. The van der Waals surface area contributed by atoms with Crippen LogP contribution in [0.25, 0.3) is 0 Å². The molecule has 0 saturated carbocycles. The molecular formula is C15H23ClN2O2. The van der Waals surface area contributed by atoms with Gasteiger partial charge in [-0.2, -0.15) is 0 Å². The van der Waals surface area contributed by atoms with Crippen LogP contribution in [0.2, 0.25) is 0 Å². The fourth-order valence-electron chi connectivity index (χ4n) is 2.34. The lowest BCUT2D eigenvalue weighted by Gasteiger charge is -2.24. The number of amides is 1. The van der Waals surface area contributed by atoms with Crippen LogP contribution in [0, 0.1) is 0 Å². The molecule has 1 heterocycles. The van der Waals surface area contributed by atoms with Crippen molar-refractivity contribution < 1.29 is 9.53 Å². The summed E-state index contributed by atoms with van der Waals surface area (Å²) in [5.74, 6) is -0.111. The molecule has 112 valence electrons. The van der Waals surface area contributed by atoms with Crippen molar-refractivity contribution in [2.45, 2.75) is 37.8 Å². The maximum absolute atomic E-state index is 12.0. The maximum atomic E-state index is 12.0. The minimum atomic E-state index is -0.507. The molecule has 0 bridgehead atoms. The second kappa shape index (κ2) is 7.62. The van der Waals surface area contributed by atoms with Crippen LogP contribution in [0.1, 0.15) is 25.3 Å². The monoisotopic (exact) mass is 298 g/mol. The van der Waals surface area contributed by atoms with Crippen molar-refractivity contribution in [2.24, 2.45) is 5.73 Å². The number of benzene rings is 1. The van der Waals surface area contributed by atoms with Gasteiger partial charge in [0.1, 0.15) is 0 Å². The van der Waals surface area contributed by atoms with E-state index in [1.165, 1.54) is 0 Å². The van der Waals surface area contributed by atoms with Gasteiger partial charge in [0, 0.05) is 13.2 Å². The van der Waals surface area contributed by atoms with Crippen LogP contribution in [0.4, 0.5) is 0 Å². The van der Waals surface area contributed by atoms with Crippen molar-refractivity contribution in [1.82, 2.24) is 5.32 Å². The molecule has 20 heavy (non-hydrogen) atoms. The Morgan fingerprint density at radius 3 is 2.75 bits per heavy atom. The van der Waals surface area contributed by atoms with Gasteiger partial charge in [0.05, 0.1) is 11.6 Å². The van der Waals surface area contributed by atoms with E-state index in [-0.39, 0.29) is 23.9 Å². The Morgan fingerprint density at radius 2 is 2.15 bits per heavy atom. The van der Waals surface area contributed by atoms with E-state index >= 15 is 0 Å². The molecule has 0 aromatic heterocycles. The average Bonchev–Trinajstić information content (AvgIpc) is 2.84. The number of nitrogens with one attached hydrogen (secondary N) is 1. The van der Waals surface area contributed by atoms with Crippen molar-refractivity contribution in [3.05, 3.63) is 35.9 Å². The normalized spacial score (nSPS) is 22.9. The second-order valence-electron chi connectivity index (χ2n) is 5.42. The Labute approximate surface area is 126 Å². The molecule has 1 aliphatic rings. The third-order valence-corrected chi connectivity index (χ3v) is 3.57. The molecule has 0 aliphatic carbocycles. The van der Waals surface area contributed by atoms with Crippen molar-refractivity contribution in [3.8, 4) is 0 Å². The van der Waals surface area contributed by atoms with Gasteiger partial charge in [0.15, 0.2) is 0 Å². The Bertz CT molecular complexity index is 419. The first-order chi connectivity index (χ1) is 9.09. The molecule has 1 aliphatic heterocycles. The SMILES string of the molecule is CC1(CNC(=O)[C@@H](N)Cc2ccccc2)CCCO1.Cl. The first-order valence-electron chi connectivity index (χ1n) is 6.80. The van der Waals surface area contributed by atoms with Crippen LogP contribution >= 0.6 is 12.4 Å². The zero-order valence-corrected chi connectivity index (χ0v) is 12.6. The molecule has 5 heteroatoms. The number of hydrogen-bond donors (Lipinski definition) is 2. The van der Waals surface area contributed by atoms with Crippen LogP contribution < -0.4 is 11.1 Å². The highest BCUT2D eigenvalue weighted by molar-refractivity contribution is 5.85. The number of halogens is 1. The summed E-state index contributed by atoms with van der Waals surface area (Å²) >= 11 is 0. The molecule has 4 nitrogen and oxygen atoms in total. The summed E-state index contributed by atoms with van der Waals surface area (Å²) in [4.78, 5) is 12.0. The zero-order chi connectivity index (χ0) is 13.7. The number of hydrogen-bond acceptors (Lipinski definition) is 3. The summed E-state index contributed by atoms with van der Waals surface area (Å²) < 4.78 is 5.63. The van der Waals surface area contributed by atoms with E-state index in [0.717, 1.165) is 25.0 Å². The van der Waals surface area contributed by atoms with Gasteiger partial charge >= 0.3 is 0 Å². The van der Waals surface area contributed by atoms with E-state index in [1.54, 1.807) is 0 Å². The van der Waals surface area contributed by atoms with Crippen molar-refractivity contribution >= 4 is 18.3 Å². The first-order valence-corrected chi connectivity index (χ1v) is 6.80. The fraction of sp³-hybridized carbons (Fsp3) is 0.533. The summed E-state index contributed by atoms with van der Waals surface area (Å²) in [5, 5.41) is 2.90. The lowest BCUT2D eigenvalue weighted by molar-refractivity contribution is -0.123. The zero-order valence-electron chi connectivity index (χ0n) is 11.8. The number of nitrogens with two attached hydrogens (primary N) is 1. The molecule has 1 amide bonds. The molecule has 2 atom stereocenters. The molecule has 1 aromatic carbocycles. The second-order valence-corrected chi connectivity index (χ2v) is 5.42. The standard InChI is InChI=1S/C15H22N2O2.ClH/c1-15(8-5-9-19-15)11-17-14(18)13(16)10-12-6-3-2-4-7-12;/h2-4,6-7,13H,5,8-11,16H2,1H3,(H,17,18);1H/t13-,15?;/m0./s1. The minimum Gasteiger partial charge on any atom is -0.373 e. The Kier molecular flexibility index (Phi) is 6.46. The average molecular weight is 299 g/mol. The molecule has 3 N–H and O–H groups in total. The van der Waals surface area contributed by atoms with Crippen molar-refractivity contribution in [3.63, 3.8) is 0 Å². The molecular weight excluding hydrogens is 276 g/mol. The van der Waals surface area contributed by atoms with Gasteiger partial charge < -0.3 is 15.8 Å². The van der Waals surface area contributed by atoms with E-state index in [2.05, 4.69) is 5.32 Å². The van der Waals surface area contributed by atoms with Crippen LogP contribution in [0.15, 0.2) is 30.3 Å². The van der Waals surface area contributed by atoms with Gasteiger partial charge in [0.2, 0.25) is 5.91 Å². The predicted molar refractivity (Wildman–Crippen MR) is 82.0 cm³/mol. The summed E-state index contributed by atoms with van der Waals surface area (Å²) in [6.45, 7) is 3.35. The highest BCUT2D eigenvalue weighted by Crippen LogP contribution is 2.23. The highest BCUT2D eigenvalue weighted by Gasteiger charge is 2.30. The molecule has 0 radical (unpaired) electrons. The number of ether oxygens (including phenoxy) is 1. The van der Waals surface area contributed by atoms with E-state index in [9.17, 15) is 4.79 Å². The summed E-state index contributed by atoms with van der Waals surface area (Å²) in [6, 6.07) is 9.31. The molecule has 2 rings (SSSR count). The van der Waals surface area contributed by atoms with Gasteiger partial charge in [0.25, 0.3) is 0 Å². The topological polar surface area (TPSA) is 64.4 Å². The summed E-state index contributed by atoms with van der Waals surface area (Å²) in [5.41, 5.74) is 6.78. The summed E-state index contributed by atoms with van der Waals surface area (Å²) in [6.07, 6.45) is 2.61. The summed E-state index contributed by atoms with van der Waals surface area (Å²) in [7, 11) is 0. The van der Waals surface area contributed by atoms with Gasteiger partial charge in [-0.05, 0) is 31.7 Å². The maximum Gasteiger partial charge on any atom is 0.237 e. The largest absolute Gasteiger partial charge is 0.373 e. The van der Waals surface area contributed by atoms with E-state index < -0.39 is 6.04 Å². The van der Waals surface area contributed by atoms with E-state index in [1.807, 2.05) is 37.3 Å².